The molecule has 3 aliphatic heterocycles. The minimum Gasteiger partial charge on any atom is -0.352 e. The molecule has 0 aromatic heterocycles. The maximum Gasteiger partial charge on any atom is 0.234 e. The number of hydrogen-bond donors (Lipinski definition) is 1. The average Bonchev–Trinajstić information content (AvgIpc) is 2.49. The third kappa shape index (κ3) is 4.18. The fourth-order valence-electron chi connectivity index (χ4n) is 3.99. The third-order valence-electron chi connectivity index (χ3n) is 5.37. The summed E-state index contributed by atoms with van der Waals surface area (Å²) in [5.41, 5.74) is 0. The molecule has 3 aliphatic rings. The van der Waals surface area contributed by atoms with Gasteiger partial charge in [-0.1, -0.05) is 6.42 Å². The average molecular weight is 294 g/mol. The van der Waals surface area contributed by atoms with Crippen LogP contribution < -0.4 is 5.32 Å². The number of hydrogen-bond acceptors (Lipinski definition) is 4. The third-order valence-corrected chi connectivity index (χ3v) is 5.37. The lowest BCUT2D eigenvalue weighted by Crippen LogP contribution is -2.56. The Morgan fingerprint density at radius 2 is 1.86 bits per heavy atom. The van der Waals surface area contributed by atoms with Crippen LogP contribution in [0.15, 0.2) is 0 Å². The van der Waals surface area contributed by atoms with Gasteiger partial charge in [0.15, 0.2) is 0 Å². The predicted molar refractivity (Wildman–Crippen MR) is 84.3 cm³/mol. The zero-order chi connectivity index (χ0) is 14.7. The Balaban J connectivity index is 1.40. The number of carbonyl (C=O) groups excluding carboxylic acids is 1. The number of piperazine rings is 1. The normalized spacial score (nSPS) is 30.0. The van der Waals surface area contributed by atoms with Crippen LogP contribution in [0.1, 0.15) is 32.1 Å². The molecule has 120 valence electrons. The molecule has 5 heteroatoms. The van der Waals surface area contributed by atoms with E-state index in [0.29, 0.717) is 18.6 Å². The van der Waals surface area contributed by atoms with E-state index in [1.165, 1.54) is 25.8 Å². The van der Waals surface area contributed by atoms with Gasteiger partial charge in [0, 0.05) is 31.7 Å². The molecule has 1 N–H and O–H groups in total. The van der Waals surface area contributed by atoms with Gasteiger partial charge >= 0.3 is 0 Å². The summed E-state index contributed by atoms with van der Waals surface area (Å²) in [7, 11) is 2.15. The Kier molecular flexibility index (Phi) is 5.14. The molecule has 1 amide bonds. The Morgan fingerprint density at radius 1 is 1.05 bits per heavy atom. The number of rotatable bonds is 3. The summed E-state index contributed by atoms with van der Waals surface area (Å²) in [5.74, 6) is 0.230. The lowest BCUT2D eigenvalue weighted by molar-refractivity contribution is -0.124. The van der Waals surface area contributed by atoms with Gasteiger partial charge in [0.05, 0.1) is 6.54 Å². The Bertz CT molecular complexity index is 354. The zero-order valence-electron chi connectivity index (χ0n) is 13.4. The number of amides is 1. The van der Waals surface area contributed by atoms with Crippen molar-refractivity contribution < 1.29 is 4.79 Å². The van der Waals surface area contributed by atoms with E-state index < -0.39 is 0 Å². The summed E-state index contributed by atoms with van der Waals surface area (Å²) < 4.78 is 0. The van der Waals surface area contributed by atoms with Gasteiger partial charge in [-0.15, -0.1) is 0 Å². The highest BCUT2D eigenvalue weighted by Crippen LogP contribution is 2.20. The van der Waals surface area contributed by atoms with Gasteiger partial charge in [0.1, 0.15) is 0 Å². The lowest BCUT2D eigenvalue weighted by atomic mass is 9.99. The molecule has 1 atom stereocenters. The highest BCUT2D eigenvalue weighted by atomic mass is 16.2. The summed E-state index contributed by atoms with van der Waals surface area (Å²) in [6.45, 7) is 7.35. The second-order valence-electron chi connectivity index (χ2n) is 7.07. The van der Waals surface area contributed by atoms with E-state index in [-0.39, 0.29) is 5.91 Å². The molecular formula is C16H30N4O. The van der Waals surface area contributed by atoms with Crippen LogP contribution in [-0.2, 0) is 4.79 Å². The largest absolute Gasteiger partial charge is 0.352 e. The molecule has 0 aromatic carbocycles. The second kappa shape index (κ2) is 7.07. The van der Waals surface area contributed by atoms with Crippen molar-refractivity contribution in [1.82, 2.24) is 20.0 Å². The number of nitrogens with one attached hydrogen (secondary N) is 1. The molecule has 5 nitrogen and oxygen atoms in total. The molecule has 0 aliphatic carbocycles. The minimum absolute atomic E-state index is 0.230. The van der Waals surface area contributed by atoms with Gasteiger partial charge in [-0.25, -0.2) is 0 Å². The van der Waals surface area contributed by atoms with Crippen molar-refractivity contribution in [3.8, 4) is 0 Å². The smallest absolute Gasteiger partial charge is 0.234 e. The van der Waals surface area contributed by atoms with E-state index in [4.69, 9.17) is 0 Å². The Morgan fingerprint density at radius 3 is 2.67 bits per heavy atom. The standard InChI is InChI=1S/C16H30N4O/c1-18-8-5-14(6-9-18)17-16(21)13-19-10-11-20-7-3-2-4-15(20)12-19/h14-15H,2-13H2,1H3,(H,17,21). The topological polar surface area (TPSA) is 38.8 Å². The van der Waals surface area contributed by atoms with E-state index in [1.807, 2.05) is 0 Å². The summed E-state index contributed by atoms with van der Waals surface area (Å²) in [4.78, 5) is 19.6. The van der Waals surface area contributed by atoms with Gasteiger partial charge in [-0.05, 0) is 52.4 Å². The first-order valence-corrected chi connectivity index (χ1v) is 8.65. The number of nitrogens with zero attached hydrogens (tertiary/aromatic N) is 3. The number of fused-ring (bicyclic) bond motifs is 1. The highest BCUT2D eigenvalue weighted by Gasteiger charge is 2.29. The first-order chi connectivity index (χ1) is 10.2. The summed E-state index contributed by atoms with van der Waals surface area (Å²) in [6, 6.07) is 1.09. The van der Waals surface area contributed by atoms with Crippen molar-refractivity contribution in [1.29, 1.82) is 0 Å². The summed E-state index contributed by atoms with van der Waals surface area (Å²) in [5, 5.41) is 3.24. The summed E-state index contributed by atoms with van der Waals surface area (Å²) >= 11 is 0. The van der Waals surface area contributed by atoms with Crippen LogP contribution in [-0.4, -0.2) is 85.6 Å². The van der Waals surface area contributed by atoms with Crippen LogP contribution in [0.3, 0.4) is 0 Å². The van der Waals surface area contributed by atoms with Gasteiger partial charge in [-0.3, -0.25) is 14.6 Å². The maximum absolute atomic E-state index is 12.2. The van der Waals surface area contributed by atoms with Crippen LogP contribution in [0.25, 0.3) is 0 Å². The van der Waals surface area contributed by atoms with Crippen LogP contribution in [0.4, 0.5) is 0 Å². The number of carbonyl (C=O) groups is 1. The van der Waals surface area contributed by atoms with E-state index >= 15 is 0 Å². The maximum atomic E-state index is 12.2. The molecule has 3 rings (SSSR count). The molecule has 3 fully saturated rings. The van der Waals surface area contributed by atoms with Gasteiger partial charge in [0.2, 0.25) is 5.91 Å². The van der Waals surface area contributed by atoms with Crippen molar-refractivity contribution in [2.75, 3.05) is 52.9 Å². The summed E-state index contributed by atoms with van der Waals surface area (Å²) in [6.07, 6.45) is 6.22. The van der Waals surface area contributed by atoms with Crippen LogP contribution in [0.2, 0.25) is 0 Å². The Labute approximate surface area is 128 Å². The molecule has 0 saturated carbocycles. The Hall–Kier alpha value is -0.650. The van der Waals surface area contributed by atoms with Gasteiger partial charge in [-0.2, -0.15) is 0 Å². The van der Waals surface area contributed by atoms with Crippen molar-refractivity contribution >= 4 is 5.91 Å². The second-order valence-corrected chi connectivity index (χ2v) is 7.07. The first kappa shape index (κ1) is 15.3. The fourth-order valence-corrected chi connectivity index (χ4v) is 3.99. The molecule has 0 bridgehead atoms. The molecular weight excluding hydrogens is 264 g/mol. The molecule has 3 heterocycles. The monoisotopic (exact) mass is 294 g/mol. The molecule has 0 spiro atoms. The number of piperidine rings is 2. The lowest BCUT2D eigenvalue weighted by Gasteiger charge is -2.44. The molecule has 21 heavy (non-hydrogen) atoms. The fraction of sp³-hybridized carbons (Fsp3) is 0.938. The zero-order valence-corrected chi connectivity index (χ0v) is 13.4. The highest BCUT2D eigenvalue weighted by molar-refractivity contribution is 5.78. The molecule has 0 aromatic rings. The van der Waals surface area contributed by atoms with Crippen molar-refractivity contribution in [3.05, 3.63) is 0 Å². The van der Waals surface area contributed by atoms with Crippen LogP contribution in [0.5, 0.6) is 0 Å². The quantitative estimate of drug-likeness (QED) is 0.816. The molecule has 0 radical (unpaired) electrons. The predicted octanol–water partition coefficient (Wildman–Crippen LogP) is 0.367. The van der Waals surface area contributed by atoms with Crippen LogP contribution >= 0.6 is 0 Å². The van der Waals surface area contributed by atoms with Gasteiger partial charge < -0.3 is 10.2 Å². The van der Waals surface area contributed by atoms with E-state index in [2.05, 4.69) is 27.1 Å². The van der Waals surface area contributed by atoms with E-state index in [9.17, 15) is 4.79 Å². The van der Waals surface area contributed by atoms with E-state index in [0.717, 1.165) is 45.6 Å². The molecule has 1 unspecified atom stereocenters. The SMILES string of the molecule is CN1CCC(NC(=O)CN2CCN3CCCCC3C2)CC1. The van der Waals surface area contributed by atoms with Crippen molar-refractivity contribution in [3.63, 3.8) is 0 Å². The number of likely N-dealkylation sites (tertiary alicyclic amines) is 1. The minimum atomic E-state index is 0.230. The first-order valence-electron chi connectivity index (χ1n) is 8.65. The van der Waals surface area contributed by atoms with Crippen molar-refractivity contribution in [2.24, 2.45) is 0 Å². The van der Waals surface area contributed by atoms with Crippen LogP contribution in [0, 0.1) is 0 Å². The van der Waals surface area contributed by atoms with Crippen molar-refractivity contribution in [2.45, 2.75) is 44.2 Å². The van der Waals surface area contributed by atoms with E-state index in [1.54, 1.807) is 0 Å². The molecule has 3 saturated heterocycles. The van der Waals surface area contributed by atoms with Gasteiger partial charge in [0.25, 0.3) is 0 Å².